The summed E-state index contributed by atoms with van der Waals surface area (Å²) in [6.07, 6.45) is -3.94. The van der Waals surface area contributed by atoms with Crippen LogP contribution < -0.4 is 51.1 Å². The molecule has 9 saturated heterocycles. The molecule has 0 radical (unpaired) electrons. The maximum absolute atomic E-state index is 16.0. The summed E-state index contributed by atoms with van der Waals surface area (Å²) in [5.41, 5.74) is 30.0. The molecule has 12 aromatic heterocycles. The van der Waals surface area contributed by atoms with Gasteiger partial charge in [-0.3, -0.25) is 61.1 Å². The first kappa shape index (κ1) is 98.3. The molecule has 0 amide bonds. The molecule has 9 fully saturated rings. The zero-order valence-corrected chi connectivity index (χ0v) is 79.7. The van der Waals surface area contributed by atoms with Crippen molar-refractivity contribution < 1.29 is 134 Å². The second-order valence-corrected chi connectivity index (χ2v) is 48.5. The van der Waals surface area contributed by atoms with Crippen molar-refractivity contribution in [3.63, 3.8) is 0 Å². The summed E-state index contributed by atoms with van der Waals surface area (Å²) in [5.74, 6) is 3.07. The summed E-state index contributed by atoms with van der Waals surface area (Å²) >= 11 is 30.3. The number of pyridine rings is 2. The normalized spacial score (nSPS) is 36.5. The summed E-state index contributed by atoms with van der Waals surface area (Å²) in [6.45, 7) is -29.4. The highest BCUT2D eigenvalue weighted by Gasteiger charge is 2.60. The molecule has 21 rings (SSSR count). The Balaban J connectivity index is 0.000000132. The molecule has 736 valence electrons. The van der Waals surface area contributed by atoms with Gasteiger partial charge in [-0.15, -0.1) is 12.8 Å². The number of fused-ring (bicyclic) bond motifs is 15. The van der Waals surface area contributed by atoms with Crippen LogP contribution in [0.4, 0.5) is 57.0 Å². The Kier molecular flexibility index (Phi) is 26.4. The number of hydrogen-bond acceptors (Lipinski definition) is 43. The van der Waals surface area contributed by atoms with Crippen LogP contribution in [0.5, 0.6) is 0 Å². The van der Waals surface area contributed by atoms with Crippen LogP contribution >= 0.6 is 52.6 Å². The molecule has 52 nitrogen and oxygen atoms in total. The van der Waals surface area contributed by atoms with Crippen molar-refractivity contribution in [1.82, 2.24) is 92.3 Å². The van der Waals surface area contributed by atoms with Gasteiger partial charge in [0.15, 0.2) is 99.2 Å². The molecule has 6 unspecified atom stereocenters. The van der Waals surface area contributed by atoms with Gasteiger partial charge in [-0.25, -0.2) is 56.4 Å². The highest BCUT2D eigenvalue weighted by molar-refractivity contribution is 8.44. The third kappa shape index (κ3) is 18.8. The molecule has 138 heavy (non-hydrogen) atoms. The molecule has 21 heterocycles. The second-order valence-electron chi connectivity index (χ2n) is 31.7. The quantitative estimate of drug-likeness (QED) is 0.0489. The average Bonchev–Trinajstić information content (AvgIpc) is 1.59. The number of terminal acetylenes is 2. The molecule has 20 N–H and O–H groups in total. The maximum atomic E-state index is 16.0. The van der Waals surface area contributed by atoms with Gasteiger partial charge in [0.25, 0.3) is 16.7 Å². The van der Waals surface area contributed by atoms with E-state index in [1.54, 1.807) is 6.07 Å². The Morgan fingerprint density at radius 1 is 0.471 bits per heavy atom. The van der Waals surface area contributed by atoms with Gasteiger partial charge in [-0.05, 0) is 77.2 Å². The van der Waals surface area contributed by atoms with Crippen molar-refractivity contribution in [3.05, 3.63) is 123 Å². The molecule has 27 atom stereocenters. The van der Waals surface area contributed by atoms with Gasteiger partial charge < -0.3 is 133 Å². The number of aromatic amines is 3. The SMILES string of the molecule is C#C[C@@]12COP(O)(=S)O[C@@H]3[C@H](F)[C@@H](COP(O)(=S)O[C@H]1C[C@H](n1cc(F)c4c(N)ccnc41)O2)O[C@H]3n1cnc2c(=O)[nH]c(N)nc21.C#C[C@@]12COP(O)(=S)O[C@@H]3[C@H](F)[C@@H](COP(O)(=S)O[C@H]1C[C@H](n1cc(F)c4c(N)ccnc41)O2)O[C@H]3n1cnc2c(=O)[nH]c(N)nc21.Nc1nc2c(ncn2[C@@H]2O[C@@H]3COP(O)(=S)O[C@H]4C[C@H](c5cnn6c(N)ccnc56)O[C@@H]4COP(=O)(S)O[C@@H]2[C@@H]3F)c(=O)[nH]1. The molecule has 0 aromatic carbocycles. The zero-order chi connectivity index (χ0) is 97.9. The van der Waals surface area contributed by atoms with Crippen LogP contribution in [0.15, 0.2) is 88.7 Å². The molecule has 69 heteroatoms. The largest absolute Gasteiger partial charge is 0.398 e. The first-order valence-corrected chi connectivity index (χ1v) is 55.8. The van der Waals surface area contributed by atoms with Crippen LogP contribution in [0.1, 0.15) is 62.1 Å². The van der Waals surface area contributed by atoms with Gasteiger partial charge in [0.1, 0.15) is 84.5 Å². The lowest BCUT2D eigenvalue weighted by Gasteiger charge is -2.32. The number of nitrogens with zero attached hydrogens (tertiary/aromatic N) is 16. The fourth-order valence-electron chi connectivity index (χ4n) is 16.8. The third-order valence-electron chi connectivity index (χ3n) is 23.1. The highest BCUT2D eigenvalue weighted by atomic mass is 32.7. The molecule has 0 spiro atoms. The fraction of sp³-hybridized carbons (Fsp3) is 0.435. The molecule has 9 aliphatic rings. The van der Waals surface area contributed by atoms with E-state index in [-0.39, 0.29) is 104 Å². The smallest absolute Gasteiger partial charge is 0.386 e. The number of rotatable bonds is 6. The third-order valence-corrected chi connectivity index (χ3v) is 32.5. The summed E-state index contributed by atoms with van der Waals surface area (Å²) in [7, 11) is 0. The number of hydrogen-bond donors (Lipinski definition) is 15. The molecular formula is C69H72F5N25O27P6S6. The van der Waals surface area contributed by atoms with E-state index in [1.807, 2.05) is 0 Å². The zero-order valence-electron chi connectivity index (χ0n) is 69.3. The summed E-state index contributed by atoms with van der Waals surface area (Å²) < 4.78 is 202. The molecule has 0 saturated carbocycles. The molecular weight excluding hydrogens is 2080 g/mol. The van der Waals surface area contributed by atoms with Crippen LogP contribution in [-0.2, 0) is 146 Å². The molecule has 0 aliphatic carbocycles. The van der Waals surface area contributed by atoms with Gasteiger partial charge in [0.05, 0.1) is 87.8 Å². The van der Waals surface area contributed by atoms with Crippen LogP contribution in [0, 0.1) is 36.3 Å². The van der Waals surface area contributed by atoms with E-state index < -0.39 is 236 Å². The Hall–Kier alpha value is -8.47. The lowest BCUT2D eigenvalue weighted by atomic mass is 9.99. The van der Waals surface area contributed by atoms with Crippen LogP contribution in [0.25, 0.3) is 61.2 Å². The van der Waals surface area contributed by atoms with Gasteiger partial charge in [-0.2, -0.15) is 24.6 Å². The first-order valence-electron chi connectivity index (χ1n) is 40.2. The highest BCUT2D eigenvalue weighted by Crippen LogP contribution is 2.62. The van der Waals surface area contributed by atoms with E-state index in [1.165, 1.54) is 55.1 Å². The van der Waals surface area contributed by atoms with Crippen molar-refractivity contribution in [2.24, 2.45) is 0 Å². The van der Waals surface area contributed by atoms with E-state index >= 15 is 13.2 Å². The number of nitrogens with two attached hydrogens (primary N) is 6. The number of alkyl halides is 3. The maximum Gasteiger partial charge on any atom is 0.386 e. The number of aromatic nitrogens is 19. The summed E-state index contributed by atoms with van der Waals surface area (Å²) in [4.78, 5) is 136. The van der Waals surface area contributed by atoms with Gasteiger partial charge in [0, 0.05) is 67.2 Å². The number of nitrogen functional groups attached to an aromatic ring is 6. The lowest BCUT2D eigenvalue weighted by molar-refractivity contribution is -0.0894. The van der Waals surface area contributed by atoms with E-state index in [9.17, 15) is 52.2 Å². The number of halogens is 5. The minimum Gasteiger partial charge on any atom is -0.398 e. The minimum atomic E-state index is -4.41. The summed E-state index contributed by atoms with van der Waals surface area (Å²) in [6, 6.07) is 4.44. The Bertz CT molecular complexity index is 7200. The number of nitrogens with one attached hydrogen (secondary N) is 3. The predicted molar refractivity (Wildman–Crippen MR) is 489 cm³/mol. The van der Waals surface area contributed by atoms with Crippen molar-refractivity contribution in [1.29, 1.82) is 0 Å². The Morgan fingerprint density at radius 3 is 1.26 bits per heavy atom. The van der Waals surface area contributed by atoms with Crippen LogP contribution in [-0.4, -0.2) is 247 Å². The average molecular weight is 2160 g/mol. The minimum absolute atomic E-state index is 0.0407. The van der Waals surface area contributed by atoms with E-state index in [2.05, 4.69) is 89.0 Å². The number of ether oxygens (including phenoxy) is 6. The molecule has 6 bridgehead atoms. The van der Waals surface area contributed by atoms with Gasteiger partial charge in [0.2, 0.25) is 17.8 Å². The van der Waals surface area contributed by atoms with Crippen LogP contribution in [0.2, 0.25) is 0 Å². The Morgan fingerprint density at radius 2 is 0.848 bits per heavy atom. The predicted octanol–water partition coefficient (Wildman–Crippen LogP) is 3.66. The Labute approximate surface area is 797 Å². The van der Waals surface area contributed by atoms with E-state index in [4.69, 9.17) is 189 Å². The summed E-state index contributed by atoms with van der Waals surface area (Å²) in [5, 5.41) is 4.33. The number of anilines is 6. The molecule has 9 aliphatic heterocycles. The van der Waals surface area contributed by atoms with E-state index in [0.29, 0.717) is 17.0 Å². The fourth-order valence-corrected chi connectivity index (χ4v) is 25.5. The first-order chi connectivity index (χ1) is 65.3. The number of thiol groups is 1. The lowest BCUT2D eigenvalue weighted by Crippen LogP contribution is -2.43. The van der Waals surface area contributed by atoms with Gasteiger partial charge in [-0.1, -0.05) is 24.1 Å². The van der Waals surface area contributed by atoms with Crippen molar-refractivity contribution in [2.75, 3.05) is 74.0 Å². The topological polar surface area (TPSA) is 697 Å². The molecule has 12 aromatic rings. The second kappa shape index (κ2) is 37.1. The van der Waals surface area contributed by atoms with Gasteiger partial charge >= 0.3 is 40.4 Å². The van der Waals surface area contributed by atoms with Crippen molar-refractivity contribution in [3.8, 4) is 24.7 Å². The number of H-pyrrole nitrogens is 3. The number of imidazole rings is 3. The standard InChI is InChI=1S/2C24H24F2N8O9P2S2.C21H24FN9O9P2S2/c2*1-2-24-8-39-45(37,47)43-18-16(26)12(40-22(18)34-9-30-17-20(34)31-23(28)32-21(17)35)7-38-44(36,46)42-13(24)5-14(41-24)33-6-10(25)15-11(27)3-4-29-19(15)33;22-14-12-6-36-41(33,43)39-10-3-9(8-4-27-31-13(23)1-2-25-17(8)31)37-11(10)5-35-42(34,44)40-16(14)20(38-12)30-7-26-15-18(30)28-21(24)29-19(15)32/h2*1,3-4,6,9,12-14,16,18,22H,5,7-8H2,(H2,27,29)(H,36,46)(H,37,47)(H3,28,31,32,35);1-2,4,7,9-12,14,16,20H,3,5-6,23H2,(H,33,43)(H,34,44)(H3,24,28,29,32)/t2*12-,13+,14-,16-,18-,22-,24-,44?,45?;9-,10+,11-,12-,14-,16-,20-,41?,42?/m111/s1. The monoisotopic (exact) mass is 2160 g/mol. The van der Waals surface area contributed by atoms with Crippen molar-refractivity contribution >= 4 is 208 Å². The van der Waals surface area contributed by atoms with Crippen LogP contribution in [0.3, 0.4) is 0 Å². The van der Waals surface area contributed by atoms with E-state index in [0.717, 1.165) is 40.5 Å². The van der Waals surface area contributed by atoms with Crippen molar-refractivity contribution in [2.45, 2.75) is 147 Å².